The van der Waals surface area contributed by atoms with E-state index in [1.165, 1.54) is 28.3 Å². The van der Waals surface area contributed by atoms with Crippen LogP contribution in [0.15, 0.2) is 48.8 Å². The van der Waals surface area contributed by atoms with Crippen molar-refractivity contribution in [3.8, 4) is 0 Å². The van der Waals surface area contributed by atoms with Gasteiger partial charge in [-0.25, -0.2) is 0 Å². The van der Waals surface area contributed by atoms with E-state index >= 15 is 0 Å². The molecule has 1 N–H and O–H groups in total. The van der Waals surface area contributed by atoms with Crippen molar-refractivity contribution in [2.45, 2.75) is 39.8 Å². The van der Waals surface area contributed by atoms with Crippen LogP contribution < -0.4 is 5.32 Å². The lowest BCUT2D eigenvalue weighted by Gasteiger charge is -2.17. The van der Waals surface area contributed by atoms with E-state index in [9.17, 15) is 0 Å². The third-order valence-electron chi connectivity index (χ3n) is 4.94. The summed E-state index contributed by atoms with van der Waals surface area (Å²) in [5.74, 6) is 0. The van der Waals surface area contributed by atoms with Crippen LogP contribution in [0, 0.1) is 13.8 Å². The minimum absolute atomic E-state index is 0.849. The predicted octanol–water partition coefficient (Wildman–Crippen LogP) is 4.25. The van der Waals surface area contributed by atoms with Crippen molar-refractivity contribution < 1.29 is 0 Å². The van der Waals surface area contributed by atoms with Crippen LogP contribution in [0.3, 0.4) is 0 Å². The van der Waals surface area contributed by atoms with Gasteiger partial charge in [0.2, 0.25) is 0 Å². The Morgan fingerprint density at radius 1 is 1.00 bits per heavy atom. The number of benzene rings is 1. The summed E-state index contributed by atoms with van der Waals surface area (Å²) < 4.78 is 0. The van der Waals surface area contributed by atoms with Gasteiger partial charge in [-0.1, -0.05) is 30.3 Å². The van der Waals surface area contributed by atoms with Crippen molar-refractivity contribution in [3.05, 3.63) is 71.3 Å². The molecule has 2 aromatic heterocycles. The minimum Gasteiger partial charge on any atom is -0.311 e. The number of nitrogens with zero attached hydrogens (tertiary/aromatic N) is 3. The summed E-state index contributed by atoms with van der Waals surface area (Å²) in [6.07, 6.45) is 6.20. The maximum atomic E-state index is 4.59. The highest BCUT2D eigenvalue weighted by Gasteiger charge is 2.06. The molecule has 0 aliphatic rings. The number of aryl methyl sites for hydroxylation is 2. The molecule has 0 aliphatic heterocycles. The molecule has 1 aromatic carbocycles. The summed E-state index contributed by atoms with van der Waals surface area (Å²) in [7, 11) is 2.18. The molecule has 0 bridgehead atoms. The second-order valence-electron chi connectivity index (χ2n) is 7.38. The highest BCUT2D eigenvalue weighted by Crippen LogP contribution is 2.17. The topological polar surface area (TPSA) is 41.1 Å². The Bertz CT molecular complexity index is 870. The number of nitrogens with one attached hydrogen (secondary N) is 1. The molecule has 0 spiro atoms. The van der Waals surface area contributed by atoms with E-state index in [1.54, 1.807) is 0 Å². The quantitative estimate of drug-likeness (QED) is 0.578. The maximum Gasteiger partial charge on any atom is 0.0622 e. The minimum atomic E-state index is 0.849. The molecule has 0 atom stereocenters. The van der Waals surface area contributed by atoms with E-state index in [2.05, 4.69) is 77.5 Å². The van der Waals surface area contributed by atoms with Gasteiger partial charge in [-0.05, 0) is 69.4 Å². The highest BCUT2D eigenvalue weighted by molar-refractivity contribution is 5.84. The number of hydrogen-bond acceptors (Lipinski definition) is 4. The molecule has 27 heavy (non-hydrogen) atoms. The molecular weight excluding hydrogens is 332 g/mol. The van der Waals surface area contributed by atoms with Crippen molar-refractivity contribution in [1.82, 2.24) is 20.2 Å². The van der Waals surface area contributed by atoms with E-state index in [1.807, 2.05) is 12.4 Å². The average molecular weight is 363 g/mol. The Balaban J connectivity index is 1.38. The Morgan fingerprint density at radius 3 is 2.70 bits per heavy atom. The van der Waals surface area contributed by atoms with Crippen LogP contribution in [-0.2, 0) is 13.1 Å². The van der Waals surface area contributed by atoms with Gasteiger partial charge in [-0.3, -0.25) is 9.97 Å². The lowest BCUT2D eigenvalue weighted by molar-refractivity contribution is 0.315. The largest absolute Gasteiger partial charge is 0.311 e. The first-order chi connectivity index (χ1) is 13.1. The van der Waals surface area contributed by atoms with Crippen LogP contribution in [0.1, 0.15) is 35.4 Å². The fraction of sp³-hybridized carbons (Fsp3) is 0.391. The van der Waals surface area contributed by atoms with Crippen LogP contribution >= 0.6 is 0 Å². The first kappa shape index (κ1) is 19.5. The molecule has 3 rings (SSSR count). The van der Waals surface area contributed by atoms with E-state index in [-0.39, 0.29) is 0 Å². The maximum absolute atomic E-state index is 4.59. The molecule has 0 fully saturated rings. The zero-order chi connectivity index (χ0) is 19.1. The third-order valence-corrected chi connectivity index (χ3v) is 4.94. The van der Waals surface area contributed by atoms with Crippen molar-refractivity contribution in [2.75, 3.05) is 20.1 Å². The molecule has 4 heteroatoms. The van der Waals surface area contributed by atoms with Crippen molar-refractivity contribution >= 4 is 10.8 Å². The van der Waals surface area contributed by atoms with E-state index in [0.717, 1.165) is 44.0 Å². The van der Waals surface area contributed by atoms with Gasteiger partial charge in [0.25, 0.3) is 0 Å². The van der Waals surface area contributed by atoms with Gasteiger partial charge >= 0.3 is 0 Å². The lowest BCUT2D eigenvalue weighted by Crippen LogP contribution is -2.22. The predicted molar refractivity (Wildman–Crippen MR) is 113 cm³/mol. The molecule has 142 valence electrons. The summed E-state index contributed by atoms with van der Waals surface area (Å²) in [5, 5.41) is 6.04. The molecule has 3 aromatic rings. The van der Waals surface area contributed by atoms with Crippen LogP contribution in [-0.4, -0.2) is 35.0 Å². The summed E-state index contributed by atoms with van der Waals surface area (Å²) in [6.45, 7) is 8.06. The molecule has 0 aliphatic carbocycles. The average Bonchev–Trinajstić information content (AvgIpc) is 2.66. The van der Waals surface area contributed by atoms with Crippen LogP contribution in [0.4, 0.5) is 0 Å². The molecule has 0 saturated heterocycles. The molecule has 0 radical (unpaired) electrons. The number of hydrogen-bond donors (Lipinski definition) is 1. The van der Waals surface area contributed by atoms with Crippen molar-refractivity contribution in [3.63, 3.8) is 0 Å². The van der Waals surface area contributed by atoms with Crippen LogP contribution in [0.5, 0.6) is 0 Å². The first-order valence-corrected chi connectivity index (χ1v) is 9.77. The molecule has 0 amide bonds. The van der Waals surface area contributed by atoms with Crippen molar-refractivity contribution in [1.29, 1.82) is 0 Å². The smallest absolute Gasteiger partial charge is 0.0622 e. The Kier molecular flexibility index (Phi) is 6.91. The van der Waals surface area contributed by atoms with Gasteiger partial charge < -0.3 is 10.2 Å². The summed E-state index contributed by atoms with van der Waals surface area (Å²) in [5.41, 5.74) is 4.80. The normalized spacial score (nSPS) is 11.4. The summed E-state index contributed by atoms with van der Waals surface area (Å²) >= 11 is 0. The fourth-order valence-corrected chi connectivity index (χ4v) is 3.41. The second kappa shape index (κ2) is 9.58. The molecule has 0 unspecified atom stereocenters. The Labute approximate surface area is 162 Å². The number of fused-ring (bicyclic) bond motifs is 1. The van der Waals surface area contributed by atoms with E-state index < -0.39 is 0 Å². The molecular formula is C23H30N4. The number of unbranched alkanes of at least 4 members (excludes halogenated alkanes) is 1. The third kappa shape index (κ3) is 5.59. The number of aromatic nitrogens is 2. The molecule has 0 saturated carbocycles. The van der Waals surface area contributed by atoms with Gasteiger partial charge in [-0.15, -0.1) is 0 Å². The van der Waals surface area contributed by atoms with Gasteiger partial charge in [0.15, 0.2) is 0 Å². The standard InChI is InChI=1S/C23H30N4/c1-18-14-19(2)22(26-15-18)16-24-11-6-7-13-27(3)17-23-21-9-5-4-8-20(21)10-12-25-23/h4-5,8-10,12,14-15,24H,6-7,11,13,16-17H2,1-3H3. The lowest BCUT2D eigenvalue weighted by atomic mass is 10.1. The highest BCUT2D eigenvalue weighted by atomic mass is 15.1. The van der Waals surface area contributed by atoms with E-state index in [0.29, 0.717) is 0 Å². The number of pyridine rings is 2. The Morgan fingerprint density at radius 2 is 1.85 bits per heavy atom. The zero-order valence-corrected chi connectivity index (χ0v) is 16.7. The van der Waals surface area contributed by atoms with Crippen molar-refractivity contribution in [2.24, 2.45) is 0 Å². The van der Waals surface area contributed by atoms with Gasteiger partial charge in [-0.2, -0.15) is 0 Å². The van der Waals surface area contributed by atoms with E-state index in [4.69, 9.17) is 0 Å². The summed E-state index contributed by atoms with van der Waals surface area (Å²) in [6, 6.07) is 12.8. The number of rotatable bonds is 9. The van der Waals surface area contributed by atoms with Gasteiger partial charge in [0, 0.05) is 30.9 Å². The first-order valence-electron chi connectivity index (χ1n) is 9.77. The molecule has 4 nitrogen and oxygen atoms in total. The SMILES string of the molecule is Cc1cnc(CNCCCCN(C)Cc2nccc3ccccc23)c(C)c1. The second-order valence-corrected chi connectivity index (χ2v) is 7.38. The van der Waals surface area contributed by atoms with Gasteiger partial charge in [0.05, 0.1) is 11.4 Å². The molecule has 2 heterocycles. The van der Waals surface area contributed by atoms with Crippen LogP contribution in [0.2, 0.25) is 0 Å². The van der Waals surface area contributed by atoms with Crippen LogP contribution in [0.25, 0.3) is 10.8 Å². The monoisotopic (exact) mass is 362 g/mol. The zero-order valence-electron chi connectivity index (χ0n) is 16.7. The summed E-state index contributed by atoms with van der Waals surface area (Å²) in [4.78, 5) is 11.5. The fourth-order valence-electron chi connectivity index (χ4n) is 3.41. The van der Waals surface area contributed by atoms with Gasteiger partial charge in [0.1, 0.15) is 0 Å². The Hall–Kier alpha value is -2.30.